The third-order valence-electron chi connectivity index (χ3n) is 3.64. The van der Waals surface area contributed by atoms with Crippen molar-refractivity contribution in [2.75, 3.05) is 13.6 Å². The molecule has 0 heterocycles. The molecule has 0 aromatic heterocycles. The van der Waals surface area contributed by atoms with Gasteiger partial charge >= 0.3 is 0 Å². The van der Waals surface area contributed by atoms with Gasteiger partial charge in [0.1, 0.15) is 0 Å². The van der Waals surface area contributed by atoms with Crippen LogP contribution >= 0.6 is 0 Å². The van der Waals surface area contributed by atoms with Gasteiger partial charge in [-0.1, -0.05) is 29.8 Å². The smallest absolute Gasteiger partial charge is 0.221 e. The molecule has 0 spiro atoms. The van der Waals surface area contributed by atoms with Crippen LogP contribution in [0.15, 0.2) is 24.3 Å². The van der Waals surface area contributed by atoms with Gasteiger partial charge < -0.3 is 10.2 Å². The summed E-state index contributed by atoms with van der Waals surface area (Å²) >= 11 is 0. The highest BCUT2D eigenvalue weighted by molar-refractivity contribution is 5.76. The maximum Gasteiger partial charge on any atom is 0.221 e. The second-order valence-electron chi connectivity index (χ2n) is 5.98. The highest BCUT2D eigenvalue weighted by atomic mass is 16.1. The lowest BCUT2D eigenvalue weighted by molar-refractivity contribution is -0.122. The van der Waals surface area contributed by atoms with Crippen LogP contribution in [0.3, 0.4) is 0 Å². The summed E-state index contributed by atoms with van der Waals surface area (Å²) < 4.78 is 0. The van der Waals surface area contributed by atoms with Crippen molar-refractivity contribution < 1.29 is 4.79 Å². The van der Waals surface area contributed by atoms with Crippen LogP contribution < -0.4 is 5.32 Å². The number of benzene rings is 1. The van der Waals surface area contributed by atoms with Crippen LogP contribution in [0.4, 0.5) is 0 Å². The Morgan fingerprint density at radius 3 is 2.35 bits per heavy atom. The first kappa shape index (κ1) is 16.7. The third kappa shape index (κ3) is 6.20. The van der Waals surface area contributed by atoms with E-state index in [2.05, 4.69) is 62.2 Å². The second kappa shape index (κ2) is 8.05. The molecule has 0 saturated heterocycles. The Hall–Kier alpha value is -1.35. The van der Waals surface area contributed by atoms with Crippen LogP contribution in [0.2, 0.25) is 0 Å². The number of nitrogens with zero attached hydrogens (tertiary/aromatic N) is 1. The van der Waals surface area contributed by atoms with Crippen molar-refractivity contribution in [2.24, 2.45) is 0 Å². The molecule has 0 saturated carbocycles. The highest BCUT2D eigenvalue weighted by Crippen LogP contribution is 2.06. The van der Waals surface area contributed by atoms with E-state index in [1.807, 2.05) is 7.05 Å². The quantitative estimate of drug-likeness (QED) is 0.830. The third-order valence-corrected chi connectivity index (χ3v) is 3.64. The zero-order valence-corrected chi connectivity index (χ0v) is 13.4. The van der Waals surface area contributed by atoms with E-state index in [0.717, 1.165) is 13.0 Å². The number of rotatable bonds is 7. The summed E-state index contributed by atoms with van der Waals surface area (Å²) in [7, 11) is 2.05. The molecule has 1 N–H and O–H groups in total. The Morgan fingerprint density at radius 2 is 1.80 bits per heavy atom. The Balaban J connectivity index is 2.32. The molecule has 1 unspecified atom stereocenters. The Labute approximate surface area is 123 Å². The molecule has 112 valence electrons. The predicted octanol–water partition coefficient (Wildman–Crippen LogP) is 2.77. The van der Waals surface area contributed by atoms with E-state index in [0.29, 0.717) is 12.5 Å². The average molecular weight is 276 g/mol. The van der Waals surface area contributed by atoms with Gasteiger partial charge in [0.15, 0.2) is 0 Å². The number of nitrogens with one attached hydrogen (secondary N) is 1. The van der Waals surface area contributed by atoms with E-state index in [9.17, 15) is 4.79 Å². The van der Waals surface area contributed by atoms with Gasteiger partial charge in [0.2, 0.25) is 5.91 Å². The molecule has 0 aliphatic carbocycles. The first-order chi connectivity index (χ1) is 9.38. The number of amides is 1. The number of carbonyl (C=O) groups is 1. The van der Waals surface area contributed by atoms with E-state index in [-0.39, 0.29) is 11.9 Å². The fourth-order valence-corrected chi connectivity index (χ4v) is 2.01. The molecule has 0 aliphatic rings. The van der Waals surface area contributed by atoms with Gasteiger partial charge in [0.05, 0.1) is 0 Å². The molecule has 1 rings (SSSR count). The SMILES string of the molecule is Cc1ccc(CC(C)NC(=O)CCN(C)C(C)C)cc1. The summed E-state index contributed by atoms with van der Waals surface area (Å²) in [6.45, 7) is 9.22. The molecule has 0 radical (unpaired) electrons. The van der Waals surface area contributed by atoms with Crippen LogP contribution in [0.25, 0.3) is 0 Å². The van der Waals surface area contributed by atoms with Crippen LogP contribution in [0, 0.1) is 6.92 Å². The summed E-state index contributed by atoms with van der Waals surface area (Å²) in [6.07, 6.45) is 1.44. The van der Waals surface area contributed by atoms with Gasteiger partial charge in [-0.3, -0.25) is 4.79 Å². The van der Waals surface area contributed by atoms with Crippen LogP contribution in [0.5, 0.6) is 0 Å². The lowest BCUT2D eigenvalue weighted by Crippen LogP contribution is -2.37. The first-order valence-corrected chi connectivity index (χ1v) is 7.43. The summed E-state index contributed by atoms with van der Waals surface area (Å²) in [5.41, 5.74) is 2.53. The molecule has 3 heteroatoms. The molecule has 0 bridgehead atoms. The Bertz CT molecular complexity index is 412. The summed E-state index contributed by atoms with van der Waals surface area (Å²) in [4.78, 5) is 14.1. The minimum Gasteiger partial charge on any atom is -0.353 e. The monoisotopic (exact) mass is 276 g/mol. The predicted molar refractivity (Wildman–Crippen MR) is 84.9 cm³/mol. The van der Waals surface area contributed by atoms with Gasteiger partial charge in [-0.05, 0) is 46.7 Å². The molecule has 0 fully saturated rings. The minimum absolute atomic E-state index is 0.136. The van der Waals surface area contributed by atoms with Crippen molar-refractivity contribution in [2.45, 2.75) is 52.6 Å². The second-order valence-corrected chi connectivity index (χ2v) is 5.98. The summed E-state index contributed by atoms with van der Waals surface area (Å²) in [6, 6.07) is 9.14. The number of hydrogen-bond donors (Lipinski definition) is 1. The lowest BCUT2D eigenvalue weighted by Gasteiger charge is -2.21. The molecule has 3 nitrogen and oxygen atoms in total. The molecule has 0 aliphatic heterocycles. The van der Waals surface area contributed by atoms with E-state index < -0.39 is 0 Å². The van der Waals surface area contributed by atoms with Crippen molar-refractivity contribution in [3.63, 3.8) is 0 Å². The van der Waals surface area contributed by atoms with E-state index in [1.54, 1.807) is 0 Å². The first-order valence-electron chi connectivity index (χ1n) is 7.43. The molecule has 1 amide bonds. The lowest BCUT2D eigenvalue weighted by atomic mass is 10.1. The van der Waals surface area contributed by atoms with Gasteiger partial charge in [-0.2, -0.15) is 0 Å². The topological polar surface area (TPSA) is 32.3 Å². The molecule has 1 atom stereocenters. The molecule has 1 aromatic rings. The molecular weight excluding hydrogens is 248 g/mol. The highest BCUT2D eigenvalue weighted by Gasteiger charge is 2.10. The largest absolute Gasteiger partial charge is 0.353 e. The maximum absolute atomic E-state index is 11.9. The Kier molecular flexibility index (Phi) is 6.73. The number of hydrogen-bond acceptors (Lipinski definition) is 2. The summed E-state index contributed by atoms with van der Waals surface area (Å²) in [5.74, 6) is 0.136. The number of carbonyl (C=O) groups excluding carboxylic acids is 1. The summed E-state index contributed by atoms with van der Waals surface area (Å²) in [5, 5.41) is 3.07. The zero-order valence-electron chi connectivity index (χ0n) is 13.4. The molecule has 1 aromatic carbocycles. The fraction of sp³-hybridized carbons (Fsp3) is 0.588. The van der Waals surface area contributed by atoms with Gasteiger partial charge in [0.25, 0.3) is 0 Å². The van der Waals surface area contributed by atoms with Crippen LogP contribution in [-0.2, 0) is 11.2 Å². The van der Waals surface area contributed by atoms with E-state index in [1.165, 1.54) is 11.1 Å². The molecular formula is C17H28N2O. The normalized spacial score (nSPS) is 12.8. The van der Waals surface area contributed by atoms with Crippen molar-refractivity contribution >= 4 is 5.91 Å². The molecule has 20 heavy (non-hydrogen) atoms. The van der Waals surface area contributed by atoms with Crippen molar-refractivity contribution in [3.05, 3.63) is 35.4 Å². The fourth-order valence-electron chi connectivity index (χ4n) is 2.01. The average Bonchev–Trinajstić information content (AvgIpc) is 2.38. The minimum atomic E-state index is 0.136. The van der Waals surface area contributed by atoms with Crippen LogP contribution in [-0.4, -0.2) is 36.5 Å². The van der Waals surface area contributed by atoms with Crippen molar-refractivity contribution in [1.29, 1.82) is 0 Å². The van der Waals surface area contributed by atoms with Crippen molar-refractivity contribution in [1.82, 2.24) is 10.2 Å². The Morgan fingerprint density at radius 1 is 1.20 bits per heavy atom. The van der Waals surface area contributed by atoms with E-state index >= 15 is 0 Å². The van der Waals surface area contributed by atoms with Gasteiger partial charge in [-0.15, -0.1) is 0 Å². The van der Waals surface area contributed by atoms with Gasteiger partial charge in [-0.25, -0.2) is 0 Å². The van der Waals surface area contributed by atoms with Crippen molar-refractivity contribution in [3.8, 4) is 0 Å². The standard InChI is InChI=1S/C17H28N2O/c1-13(2)19(5)11-10-17(20)18-15(4)12-16-8-6-14(3)7-9-16/h6-9,13,15H,10-12H2,1-5H3,(H,18,20). The van der Waals surface area contributed by atoms with Crippen LogP contribution in [0.1, 0.15) is 38.3 Å². The van der Waals surface area contributed by atoms with Gasteiger partial charge in [0, 0.05) is 25.0 Å². The maximum atomic E-state index is 11.9. The number of aryl methyl sites for hydroxylation is 1. The van der Waals surface area contributed by atoms with E-state index in [4.69, 9.17) is 0 Å². The zero-order chi connectivity index (χ0) is 15.1.